The van der Waals surface area contributed by atoms with Crippen molar-refractivity contribution in [2.75, 3.05) is 18.2 Å². The van der Waals surface area contributed by atoms with Crippen LogP contribution in [-0.2, 0) is 16.1 Å². The van der Waals surface area contributed by atoms with Crippen LogP contribution in [0.4, 0.5) is 5.69 Å². The number of esters is 1. The first kappa shape index (κ1) is 17.0. The van der Waals surface area contributed by atoms with Gasteiger partial charge in [-0.2, -0.15) is 0 Å². The van der Waals surface area contributed by atoms with Crippen LogP contribution in [0.2, 0.25) is 0 Å². The Morgan fingerprint density at radius 3 is 2.83 bits per heavy atom. The first-order chi connectivity index (χ1) is 11.0. The largest absolute Gasteiger partial charge is 0.465 e. The van der Waals surface area contributed by atoms with E-state index >= 15 is 0 Å². The number of aromatic nitrogens is 3. The second-order valence-corrected chi connectivity index (χ2v) is 5.63. The molecule has 122 valence electrons. The minimum absolute atomic E-state index is 0.180. The number of methoxy groups -OCH3 is 1. The van der Waals surface area contributed by atoms with E-state index in [4.69, 9.17) is 0 Å². The molecule has 0 aliphatic carbocycles. The molecule has 1 heterocycles. The van der Waals surface area contributed by atoms with Crippen molar-refractivity contribution in [2.45, 2.75) is 25.5 Å². The summed E-state index contributed by atoms with van der Waals surface area (Å²) >= 11 is 1.32. The highest BCUT2D eigenvalue weighted by molar-refractivity contribution is 7.99. The van der Waals surface area contributed by atoms with Crippen molar-refractivity contribution in [1.82, 2.24) is 14.8 Å². The van der Waals surface area contributed by atoms with E-state index in [2.05, 4.69) is 20.3 Å². The molecule has 8 heteroatoms. The summed E-state index contributed by atoms with van der Waals surface area (Å²) in [5.41, 5.74) is 0.936. The summed E-state index contributed by atoms with van der Waals surface area (Å²) in [4.78, 5) is 23.5. The molecule has 0 saturated heterocycles. The van der Waals surface area contributed by atoms with Crippen molar-refractivity contribution in [3.63, 3.8) is 0 Å². The SMILES string of the molecule is CCn1c(C)nnc1SCC(=O)Nc1cccc(C(=O)OC)c1. The van der Waals surface area contributed by atoms with E-state index in [0.29, 0.717) is 16.4 Å². The molecule has 1 aromatic heterocycles. The molecule has 0 aliphatic heterocycles. The standard InChI is InChI=1S/C15H18N4O3S/c1-4-19-10(2)17-18-15(19)23-9-13(20)16-12-7-5-6-11(8-12)14(21)22-3/h5-8H,4,9H2,1-3H3,(H,16,20). The van der Waals surface area contributed by atoms with Crippen molar-refractivity contribution >= 4 is 29.3 Å². The number of hydrogen-bond acceptors (Lipinski definition) is 6. The number of amides is 1. The molecular formula is C15H18N4O3S. The van der Waals surface area contributed by atoms with Crippen molar-refractivity contribution in [1.29, 1.82) is 0 Å². The smallest absolute Gasteiger partial charge is 0.337 e. The number of benzene rings is 1. The average molecular weight is 334 g/mol. The third-order valence-electron chi connectivity index (χ3n) is 3.12. The number of carbonyl (C=O) groups excluding carboxylic acids is 2. The molecule has 2 rings (SSSR count). The average Bonchev–Trinajstić information content (AvgIpc) is 2.92. The van der Waals surface area contributed by atoms with Crippen molar-refractivity contribution in [3.8, 4) is 0 Å². The van der Waals surface area contributed by atoms with Gasteiger partial charge in [0.15, 0.2) is 5.16 Å². The Morgan fingerprint density at radius 1 is 1.35 bits per heavy atom. The van der Waals surface area contributed by atoms with E-state index in [9.17, 15) is 9.59 Å². The first-order valence-electron chi connectivity index (χ1n) is 7.06. The van der Waals surface area contributed by atoms with Crippen LogP contribution in [0.1, 0.15) is 23.1 Å². The highest BCUT2D eigenvalue weighted by atomic mass is 32.2. The molecule has 7 nitrogen and oxygen atoms in total. The van der Waals surface area contributed by atoms with Crippen LogP contribution in [0, 0.1) is 6.92 Å². The lowest BCUT2D eigenvalue weighted by molar-refractivity contribution is -0.113. The highest BCUT2D eigenvalue weighted by Gasteiger charge is 2.11. The predicted octanol–water partition coefficient (Wildman–Crippen LogP) is 2.12. The monoisotopic (exact) mass is 334 g/mol. The zero-order valence-corrected chi connectivity index (χ0v) is 14.0. The summed E-state index contributed by atoms with van der Waals surface area (Å²) in [5, 5.41) is 11.5. The Hall–Kier alpha value is -2.35. The van der Waals surface area contributed by atoms with Gasteiger partial charge in [-0.1, -0.05) is 17.8 Å². The van der Waals surface area contributed by atoms with Gasteiger partial charge in [0.25, 0.3) is 0 Å². The molecule has 0 aliphatic rings. The summed E-state index contributed by atoms with van der Waals surface area (Å²) in [6.45, 7) is 4.63. The van der Waals surface area contributed by atoms with Crippen LogP contribution in [0.25, 0.3) is 0 Å². The predicted molar refractivity (Wildman–Crippen MR) is 87.6 cm³/mol. The number of hydrogen-bond donors (Lipinski definition) is 1. The molecule has 0 bridgehead atoms. The van der Waals surface area contributed by atoms with E-state index < -0.39 is 5.97 Å². The van der Waals surface area contributed by atoms with Gasteiger partial charge < -0.3 is 14.6 Å². The van der Waals surface area contributed by atoms with Gasteiger partial charge in [-0.05, 0) is 32.0 Å². The van der Waals surface area contributed by atoms with Crippen LogP contribution in [-0.4, -0.2) is 39.5 Å². The van der Waals surface area contributed by atoms with E-state index in [1.807, 2.05) is 18.4 Å². The van der Waals surface area contributed by atoms with Crippen molar-refractivity contribution < 1.29 is 14.3 Å². The second kappa shape index (κ2) is 7.77. The van der Waals surface area contributed by atoms with Crippen LogP contribution >= 0.6 is 11.8 Å². The van der Waals surface area contributed by atoms with Crippen LogP contribution < -0.4 is 5.32 Å². The van der Waals surface area contributed by atoms with Gasteiger partial charge in [-0.15, -0.1) is 10.2 Å². The fourth-order valence-electron chi connectivity index (χ4n) is 2.00. The van der Waals surface area contributed by atoms with E-state index in [0.717, 1.165) is 12.4 Å². The van der Waals surface area contributed by atoms with Crippen molar-refractivity contribution in [2.24, 2.45) is 0 Å². The Kier molecular flexibility index (Phi) is 5.75. The lowest BCUT2D eigenvalue weighted by atomic mass is 10.2. The summed E-state index contributed by atoms with van der Waals surface area (Å²) in [7, 11) is 1.32. The zero-order chi connectivity index (χ0) is 16.8. The maximum absolute atomic E-state index is 12.0. The maximum atomic E-state index is 12.0. The number of ether oxygens (including phenoxy) is 1. The molecule has 0 radical (unpaired) electrons. The normalized spacial score (nSPS) is 10.4. The lowest BCUT2D eigenvalue weighted by Crippen LogP contribution is -2.15. The molecule has 0 spiro atoms. The summed E-state index contributed by atoms with van der Waals surface area (Å²) in [5.74, 6) is 0.407. The molecule has 0 fully saturated rings. The Balaban J connectivity index is 1.96. The third kappa shape index (κ3) is 4.32. The molecule has 1 N–H and O–H groups in total. The number of nitrogens with zero attached hydrogens (tertiary/aromatic N) is 3. The molecule has 23 heavy (non-hydrogen) atoms. The third-order valence-corrected chi connectivity index (χ3v) is 4.08. The fourth-order valence-corrected chi connectivity index (χ4v) is 2.85. The zero-order valence-electron chi connectivity index (χ0n) is 13.2. The maximum Gasteiger partial charge on any atom is 0.337 e. The molecule has 1 aromatic carbocycles. The summed E-state index contributed by atoms with van der Waals surface area (Å²) in [6.07, 6.45) is 0. The summed E-state index contributed by atoms with van der Waals surface area (Å²) < 4.78 is 6.60. The minimum Gasteiger partial charge on any atom is -0.465 e. The Bertz CT molecular complexity index is 714. The molecule has 1 amide bonds. The van der Waals surface area contributed by atoms with Gasteiger partial charge >= 0.3 is 5.97 Å². The van der Waals surface area contributed by atoms with E-state index in [-0.39, 0.29) is 11.7 Å². The van der Waals surface area contributed by atoms with E-state index in [1.165, 1.54) is 18.9 Å². The molecule has 0 unspecified atom stereocenters. The molecular weight excluding hydrogens is 316 g/mol. The quantitative estimate of drug-likeness (QED) is 0.643. The number of carbonyl (C=O) groups is 2. The number of aryl methyl sites for hydroxylation is 1. The lowest BCUT2D eigenvalue weighted by Gasteiger charge is -2.07. The summed E-state index contributed by atoms with van der Waals surface area (Å²) in [6, 6.07) is 6.61. The topological polar surface area (TPSA) is 86.1 Å². The van der Waals surface area contributed by atoms with Gasteiger partial charge in [0.1, 0.15) is 5.82 Å². The van der Waals surface area contributed by atoms with E-state index in [1.54, 1.807) is 24.3 Å². The van der Waals surface area contributed by atoms with Crippen molar-refractivity contribution in [3.05, 3.63) is 35.7 Å². The second-order valence-electron chi connectivity index (χ2n) is 4.68. The van der Waals surface area contributed by atoms with Gasteiger partial charge in [-0.25, -0.2) is 4.79 Å². The van der Waals surface area contributed by atoms with Gasteiger partial charge in [0, 0.05) is 12.2 Å². The Morgan fingerprint density at radius 2 is 2.13 bits per heavy atom. The van der Waals surface area contributed by atoms with Crippen LogP contribution in [0.5, 0.6) is 0 Å². The number of anilines is 1. The molecule has 0 atom stereocenters. The Labute approximate surface area is 138 Å². The number of nitrogens with one attached hydrogen (secondary N) is 1. The number of rotatable bonds is 6. The number of thioether (sulfide) groups is 1. The first-order valence-corrected chi connectivity index (χ1v) is 8.04. The molecule has 0 saturated carbocycles. The minimum atomic E-state index is -0.443. The fraction of sp³-hybridized carbons (Fsp3) is 0.333. The van der Waals surface area contributed by atoms with Crippen LogP contribution in [0.3, 0.4) is 0 Å². The van der Waals surface area contributed by atoms with Gasteiger partial charge in [0.05, 0.1) is 18.4 Å². The van der Waals surface area contributed by atoms with Gasteiger partial charge in [0.2, 0.25) is 5.91 Å². The van der Waals surface area contributed by atoms with Crippen LogP contribution in [0.15, 0.2) is 29.4 Å². The highest BCUT2D eigenvalue weighted by Crippen LogP contribution is 2.18. The molecule has 2 aromatic rings. The van der Waals surface area contributed by atoms with Gasteiger partial charge in [-0.3, -0.25) is 4.79 Å².